The number of nitrogens with two attached hydrogens (primary N) is 1. The van der Waals surface area contributed by atoms with E-state index in [0.717, 1.165) is 22.8 Å². The van der Waals surface area contributed by atoms with Crippen molar-refractivity contribution >= 4 is 11.6 Å². The maximum absolute atomic E-state index is 11.5. The van der Waals surface area contributed by atoms with E-state index in [2.05, 4.69) is 10.3 Å². The Balaban J connectivity index is 2.09. The fourth-order valence-corrected chi connectivity index (χ4v) is 2.30. The van der Waals surface area contributed by atoms with Crippen LogP contribution in [0, 0.1) is 6.92 Å². The van der Waals surface area contributed by atoms with E-state index in [9.17, 15) is 4.79 Å². The number of anilines is 1. The summed E-state index contributed by atoms with van der Waals surface area (Å²) in [5, 5.41) is 3.38. The molecule has 0 saturated heterocycles. The summed E-state index contributed by atoms with van der Waals surface area (Å²) in [4.78, 5) is 15.9. The van der Waals surface area contributed by atoms with Gasteiger partial charge in [-0.15, -0.1) is 0 Å². The Bertz CT molecular complexity index is 653. The van der Waals surface area contributed by atoms with E-state index in [4.69, 9.17) is 10.5 Å². The third kappa shape index (κ3) is 3.97. The van der Waals surface area contributed by atoms with Crippen molar-refractivity contribution in [3.05, 3.63) is 53.3 Å². The summed E-state index contributed by atoms with van der Waals surface area (Å²) in [6.45, 7) is 3.94. The Labute approximate surface area is 130 Å². The van der Waals surface area contributed by atoms with E-state index >= 15 is 0 Å². The third-order valence-corrected chi connectivity index (χ3v) is 3.38. The van der Waals surface area contributed by atoms with E-state index in [0.29, 0.717) is 12.0 Å². The molecule has 5 nitrogen and oxygen atoms in total. The van der Waals surface area contributed by atoms with E-state index in [1.165, 1.54) is 0 Å². The van der Waals surface area contributed by atoms with Crippen molar-refractivity contribution in [2.45, 2.75) is 26.3 Å². The summed E-state index contributed by atoms with van der Waals surface area (Å²) in [7, 11) is 1.64. The quantitative estimate of drug-likeness (QED) is 0.859. The first-order chi connectivity index (χ1) is 10.5. The van der Waals surface area contributed by atoms with Gasteiger partial charge in [-0.2, -0.15) is 0 Å². The molecule has 0 aliphatic heterocycles. The highest BCUT2D eigenvalue weighted by atomic mass is 16.5. The molecule has 0 bridgehead atoms. The predicted octanol–water partition coefficient (Wildman–Crippen LogP) is 2.54. The van der Waals surface area contributed by atoms with Crippen molar-refractivity contribution in [2.24, 2.45) is 5.73 Å². The van der Waals surface area contributed by atoms with Crippen LogP contribution in [-0.4, -0.2) is 24.0 Å². The number of carbonyl (C=O) groups is 1. The molecule has 2 rings (SSSR count). The minimum Gasteiger partial charge on any atom is -0.497 e. The zero-order valence-corrected chi connectivity index (χ0v) is 13.1. The number of pyridine rings is 1. The summed E-state index contributed by atoms with van der Waals surface area (Å²) in [6.07, 6.45) is 0.617. The number of nitrogens with one attached hydrogen (secondary N) is 1. The van der Waals surface area contributed by atoms with Gasteiger partial charge >= 0.3 is 0 Å². The molecule has 0 fully saturated rings. The molecule has 1 heterocycles. The number of aromatic nitrogens is 1. The van der Waals surface area contributed by atoms with Gasteiger partial charge in [0.1, 0.15) is 5.75 Å². The summed E-state index contributed by atoms with van der Waals surface area (Å²) in [6, 6.07) is 11.3. The molecule has 1 aromatic heterocycles. The van der Waals surface area contributed by atoms with Crippen molar-refractivity contribution in [1.29, 1.82) is 0 Å². The van der Waals surface area contributed by atoms with Crippen LogP contribution in [0.3, 0.4) is 0 Å². The minimum atomic E-state index is -0.445. The van der Waals surface area contributed by atoms with Crippen molar-refractivity contribution in [3.8, 4) is 5.75 Å². The number of nitrogens with zero attached hydrogens (tertiary/aromatic N) is 1. The smallest absolute Gasteiger partial charge is 0.250 e. The lowest BCUT2D eigenvalue weighted by Gasteiger charge is -2.16. The number of amides is 1. The van der Waals surface area contributed by atoms with Gasteiger partial charge in [0.15, 0.2) is 0 Å². The predicted molar refractivity (Wildman–Crippen MR) is 87.3 cm³/mol. The van der Waals surface area contributed by atoms with Crippen LogP contribution in [0.5, 0.6) is 5.75 Å². The molecule has 0 aliphatic carbocycles. The minimum absolute atomic E-state index is 0.112. The number of primary amides is 1. The number of carbonyl (C=O) groups excluding carboxylic acids is 1. The number of aryl methyl sites for hydroxylation is 1. The number of benzene rings is 1. The molecule has 116 valence electrons. The molecule has 0 radical (unpaired) electrons. The SMILES string of the molecule is COc1ccc(N[C@@H](C)Cc2nc(C)ccc2C(N)=O)cc1. The molecule has 22 heavy (non-hydrogen) atoms. The van der Waals surface area contributed by atoms with E-state index < -0.39 is 5.91 Å². The van der Waals surface area contributed by atoms with Gasteiger partial charge in [0.25, 0.3) is 5.91 Å². The Morgan fingerprint density at radius 3 is 2.55 bits per heavy atom. The van der Waals surface area contributed by atoms with Crippen LogP contribution in [0.25, 0.3) is 0 Å². The lowest BCUT2D eigenvalue weighted by atomic mass is 10.1. The third-order valence-electron chi connectivity index (χ3n) is 3.38. The monoisotopic (exact) mass is 299 g/mol. The van der Waals surface area contributed by atoms with Crippen LogP contribution in [0.2, 0.25) is 0 Å². The summed E-state index contributed by atoms with van der Waals surface area (Å²) in [5.41, 5.74) is 8.47. The number of methoxy groups -OCH3 is 1. The molecule has 1 amide bonds. The number of rotatable bonds is 6. The van der Waals surface area contributed by atoms with Crippen molar-refractivity contribution in [1.82, 2.24) is 4.98 Å². The van der Waals surface area contributed by atoms with Crippen LogP contribution in [-0.2, 0) is 6.42 Å². The Morgan fingerprint density at radius 1 is 1.27 bits per heavy atom. The standard InChI is InChI=1S/C17H21N3O2/c1-11-4-9-15(17(18)21)16(20-11)10-12(2)19-13-5-7-14(22-3)8-6-13/h4-9,12,19H,10H2,1-3H3,(H2,18,21)/t12-/m0/s1. The van der Waals surface area contributed by atoms with Gasteiger partial charge in [0.05, 0.1) is 18.4 Å². The maximum atomic E-state index is 11.5. The fraction of sp³-hybridized carbons (Fsp3) is 0.294. The number of hydrogen-bond acceptors (Lipinski definition) is 4. The number of hydrogen-bond donors (Lipinski definition) is 2. The van der Waals surface area contributed by atoms with Gasteiger partial charge in [-0.1, -0.05) is 0 Å². The highest BCUT2D eigenvalue weighted by Crippen LogP contribution is 2.17. The first kappa shape index (κ1) is 15.8. The van der Waals surface area contributed by atoms with Gasteiger partial charge in [-0.05, 0) is 50.2 Å². The van der Waals surface area contributed by atoms with Crippen LogP contribution in [0.1, 0.15) is 28.7 Å². The van der Waals surface area contributed by atoms with Crippen molar-refractivity contribution in [2.75, 3.05) is 12.4 Å². The van der Waals surface area contributed by atoms with Crippen LogP contribution < -0.4 is 15.8 Å². The van der Waals surface area contributed by atoms with E-state index in [1.807, 2.05) is 38.1 Å². The Morgan fingerprint density at radius 2 is 1.95 bits per heavy atom. The first-order valence-corrected chi connectivity index (χ1v) is 7.16. The highest BCUT2D eigenvalue weighted by Gasteiger charge is 2.13. The van der Waals surface area contributed by atoms with Crippen LogP contribution in [0.15, 0.2) is 36.4 Å². The first-order valence-electron chi connectivity index (χ1n) is 7.16. The molecule has 0 unspecified atom stereocenters. The van der Waals surface area contributed by atoms with Gasteiger partial charge in [-0.25, -0.2) is 0 Å². The fourth-order valence-electron chi connectivity index (χ4n) is 2.30. The lowest BCUT2D eigenvalue weighted by molar-refractivity contribution is 0.0999. The second-order valence-corrected chi connectivity index (χ2v) is 5.29. The van der Waals surface area contributed by atoms with E-state index in [-0.39, 0.29) is 6.04 Å². The second kappa shape index (κ2) is 6.93. The summed E-state index contributed by atoms with van der Waals surface area (Å²) in [5.74, 6) is 0.369. The van der Waals surface area contributed by atoms with Crippen molar-refractivity contribution in [3.63, 3.8) is 0 Å². The molecule has 2 aromatic rings. The zero-order valence-electron chi connectivity index (χ0n) is 13.1. The van der Waals surface area contributed by atoms with Gasteiger partial charge < -0.3 is 15.8 Å². The maximum Gasteiger partial charge on any atom is 0.250 e. The second-order valence-electron chi connectivity index (χ2n) is 5.29. The molecule has 1 aromatic carbocycles. The molecule has 5 heteroatoms. The zero-order chi connectivity index (χ0) is 16.1. The molecular formula is C17H21N3O2. The van der Waals surface area contributed by atoms with Crippen molar-refractivity contribution < 1.29 is 9.53 Å². The molecule has 3 N–H and O–H groups in total. The Kier molecular flexibility index (Phi) is 4.99. The van der Waals surface area contributed by atoms with Gasteiger partial charge in [0, 0.05) is 23.8 Å². The largest absolute Gasteiger partial charge is 0.497 e. The van der Waals surface area contributed by atoms with Gasteiger partial charge in [0.2, 0.25) is 0 Å². The highest BCUT2D eigenvalue weighted by molar-refractivity contribution is 5.93. The average molecular weight is 299 g/mol. The molecular weight excluding hydrogens is 278 g/mol. The average Bonchev–Trinajstić information content (AvgIpc) is 2.47. The molecule has 0 saturated carbocycles. The molecule has 0 spiro atoms. The molecule has 0 aliphatic rings. The molecule has 1 atom stereocenters. The van der Waals surface area contributed by atoms with Crippen LogP contribution in [0.4, 0.5) is 5.69 Å². The Hall–Kier alpha value is -2.56. The summed E-state index contributed by atoms with van der Waals surface area (Å²) < 4.78 is 5.14. The van der Waals surface area contributed by atoms with Gasteiger partial charge in [-0.3, -0.25) is 9.78 Å². The van der Waals surface area contributed by atoms with Crippen LogP contribution >= 0.6 is 0 Å². The lowest BCUT2D eigenvalue weighted by Crippen LogP contribution is -2.22. The topological polar surface area (TPSA) is 77.2 Å². The van der Waals surface area contributed by atoms with E-state index in [1.54, 1.807) is 19.2 Å². The summed E-state index contributed by atoms with van der Waals surface area (Å²) >= 11 is 0. The normalized spacial score (nSPS) is 11.8. The number of ether oxygens (including phenoxy) is 1.